The Bertz CT molecular complexity index is 1430. The summed E-state index contributed by atoms with van der Waals surface area (Å²) in [5.74, 6) is 0.760. The van der Waals surface area contributed by atoms with Crippen LogP contribution in [0.15, 0.2) is 94.6 Å². The van der Waals surface area contributed by atoms with Crippen molar-refractivity contribution in [2.45, 2.75) is 18.7 Å². The molecular weight excluding hydrogens is 593 g/mol. The van der Waals surface area contributed by atoms with Gasteiger partial charge in [-0.2, -0.15) is 5.10 Å². The van der Waals surface area contributed by atoms with Crippen molar-refractivity contribution in [3.05, 3.63) is 76.2 Å². The topological polar surface area (TPSA) is 136 Å². The Balaban J connectivity index is 0.00000176. The van der Waals surface area contributed by atoms with Crippen molar-refractivity contribution in [2.24, 2.45) is 14.7 Å². The predicted molar refractivity (Wildman–Crippen MR) is 141 cm³/mol. The minimum absolute atomic E-state index is 0.0399. The van der Waals surface area contributed by atoms with Crippen LogP contribution < -0.4 is 9.73 Å². The average Bonchev–Trinajstić information content (AvgIpc) is 3.41. The third-order valence-electron chi connectivity index (χ3n) is 4.56. The Labute approximate surface area is 230 Å². The Morgan fingerprint density at radius 3 is 2.44 bits per heavy atom. The summed E-state index contributed by atoms with van der Waals surface area (Å²) >= 11 is 10.0. The van der Waals surface area contributed by atoms with E-state index in [1.54, 1.807) is 13.8 Å². The first-order chi connectivity index (χ1) is 17.2. The number of aromatic nitrogens is 1. The van der Waals surface area contributed by atoms with Crippen LogP contribution in [0.5, 0.6) is 0 Å². The number of anilines is 2. The number of amidine groups is 1. The second-order valence-corrected chi connectivity index (χ2v) is 10.1. The van der Waals surface area contributed by atoms with Crippen molar-refractivity contribution >= 4 is 73.4 Å². The molecule has 3 aromatic rings. The first-order valence-corrected chi connectivity index (χ1v) is 13.9. The molecule has 191 valence electrons. The molecule has 0 amide bonds. The van der Waals surface area contributed by atoms with Crippen LogP contribution in [0.4, 0.5) is 17.2 Å². The molecule has 0 saturated heterocycles. The van der Waals surface area contributed by atoms with Gasteiger partial charge >= 0.3 is 25.2 Å². The number of benzene rings is 2. The van der Waals surface area contributed by atoms with Gasteiger partial charge in [0.25, 0.3) is 10.0 Å². The average molecular weight is 612 g/mol. The van der Waals surface area contributed by atoms with Crippen molar-refractivity contribution < 1.29 is 28.0 Å². The Morgan fingerprint density at radius 1 is 1.17 bits per heavy atom. The molecule has 0 aliphatic carbocycles. The zero-order valence-corrected chi connectivity index (χ0v) is 22.8. The van der Waals surface area contributed by atoms with Crippen molar-refractivity contribution in [3.8, 4) is 0 Å². The Hall–Kier alpha value is -2.74. The van der Waals surface area contributed by atoms with Crippen LogP contribution in [0.2, 0.25) is 0 Å². The molecule has 2 aromatic carbocycles. The van der Waals surface area contributed by atoms with E-state index in [1.165, 1.54) is 35.3 Å². The second-order valence-electron chi connectivity index (χ2n) is 7.04. The quantitative estimate of drug-likeness (QED) is 0.148. The van der Waals surface area contributed by atoms with Crippen LogP contribution in [0, 0.1) is 12.3 Å². The van der Waals surface area contributed by atoms with E-state index in [-0.39, 0.29) is 16.5 Å². The monoisotopic (exact) mass is 610 g/mol. The van der Waals surface area contributed by atoms with E-state index in [4.69, 9.17) is 22.6 Å². The zero-order chi connectivity index (χ0) is 26.3. The fraction of sp³-hybridized carbons (Fsp3) is 0.0952. The van der Waals surface area contributed by atoms with Gasteiger partial charge in [0.15, 0.2) is 11.7 Å². The van der Waals surface area contributed by atoms with Crippen molar-refractivity contribution in [1.82, 2.24) is 5.16 Å². The number of sulfonamides is 1. The summed E-state index contributed by atoms with van der Waals surface area (Å²) in [6.07, 6.45) is 0. The number of hydrogen-bond acceptors (Lipinski definition) is 10. The molecule has 0 atom stereocenters. The number of halogens is 1. The standard InChI is InChI=1S/C21H19N7O3S3.ClH.Cu/c1-13-12-18(25-31-13)26-34(29,30)17-10-8-15(9-11-17)23-27-33-21(32)19-14(2)24-28(20(19)22)16-6-4-3-5-7-16;;/h3-12,22,32H,1-2H3,(H,25,26);1H;/q;;+2/p-2/b21-19-,22-20?,27-23?;;. The van der Waals surface area contributed by atoms with Gasteiger partial charge in [0.1, 0.15) is 5.76 Å². The van der Waals surface area contributed by atoms with Crippen LogP contribution in [-0.2, 0) is 37.8 Å². The van der Waals surface area contributed by atoms with Crippen LogP contribution >= 0.6 is 22.0 Å². The third-order valence-corrected chi connectivity index (χ3v) is 6.89. The van der Waals surface area contributed by atoms with E-state index in [1.807, 2.05) is 30.3 Å². The van der Waals surface area contributed by atoms with Gasteiger partial charge in [0, 0.05) is 23.6 Å². The second kappa shape index (κ2) is 12.5. The molecule has 1 aromatic heterocycles. The van der Waals surface area contributed by atoms with E-state index < -0.39 is 10.0 Å². The summed E-state index contributed by atoms with van der Waals surface area (Å²) in [7, 11) is 0.384. The normalized spacial score (nSPS) is 15.0. The first-order valence-electron chi connectivity index (χ1n) is 9.91. The maximum atomic E-state index is 12.5. The molecule has 1 aliphatic heterocycles. The number of hydrazone groups is 1. The number of nitrogens with one attached hydrogen (secondary N) is 2. The van der Waals surface area contributed by atoms with Crippen molar-refractivity contribution in [3.63, 3.8) is 0 Å². The Kier molecular flexibility index (Phi) is 9.65. The summed E-state index contributed by atoms with van der Waals surface area (Å²) in [6.45, 7) is 3.44. The number of rotatable bonds is 7. The van der Waals surface area contributed by atoms with Gasteiger partial charge in [-0.05, 0) is 50.2 Å². The van der Waals surface area contributed by atoms with Crippen LogP contribution in [0.1, 0.15) is 12.7 Å². The summed E-state index contributed by atoms with van der Waals surface area (Å²) < 4.78 is 36.5. The minimum atomic E-state index is -3.82. The zero-order valence-electron chi connectivity index (χ0n) is 18.6. The molecule has 0 spiro atoms. The van der Waals surface area contributed by atoms with E-state index in [0.29, 0.717) is 27.0 Å². The summed E-state index contributed by atoms with van der Waals surface area (Å²) in [6, 6.07) is 16.7. The molecule has 0 unspecified atom stereocenters. The SMILES string of the molecule is CC1=NN(c2ccccc2)C(=N)/C1=C(/[S-])SN=Nc1ccc(S(=O)(=O)Nc2cc(C)on2)cc1.[Cl][Cu+]. The first kappa shape index (κ1) is 27.8. The number of nitrogens with zero attached hydrogens (tertiary/aromatic N) is 5. The molecule has 0 bridgehead atoms. The van der Waals surface area contributed by atoms with Gasteiger partial charge in [-0.15, -0.1) is 13.9 Å². The van der Waals surface area contributed by atoms with Crippen molar-refractivity contribution in [1.29, 1.82) is 5.41 Å². The molecule has 0 saturated carbocycles. The van der Waals surface area contributed by atoms with E-state index >= 15 is 0 Å². The molecule has 36 heavy (non-hydrogen) atoms. The number of hydrogen-bond donors (Lipinski definition) is 2. The van der Waals surface area contributed by atoms with Gasteiger partial charge in [-0.25, -0.2) is 13.4 Å². The molecule has 0 radical (unpaired) electrons. The maximum absolute atomic E-state index is 12.5. The molecule has 10 nitrogen and oxygen atoms in total. The summed E-state index contributed by atoms with van der Waals surface area (Å²) in [4.78, 5) is 0.0399. The molecule has 2 heterocycles. The van der Waals surface area contributed by atoms with E-state index in [0.717, 1.165) is 17.6 Å². The predicted octanol–water partition coefficient (Wildman–Crippen LogP) is 5.83. The molecule has 0 fully saturated rings. The van der Waals surface area contributed by atoms with Gasteiger partial charge in [0.05, 0.1) is 22.0 Å². The summed E-state index contributed by atoms with van der Waals surface area (Å²) in [5.41, 5.74) is 2.33. The summed E-state index contributed by atoms with van der Waals surface area (Å²) in [5, 5.41) is 22.1. The number of para-hydroxylation sites is 1. The van der Waals surface area contributed by atoms with Gasteiger partial charge < -0.3 is 17.2 Å². The van der Waals surface area contributed by atoms with E-state index in [2.05, 4.69) is 49.8 Å². The molecule has 2 N–H and O–H groups in total. The fourth-order valence-corrected chi connectivity index (χ4v) is 4.85. The van der Waals surface area contributed by atoms with E-state index in [9.17, 15) is 8.42 Å². The third kappa shape index (κ3) is 6.72. The van der Waals surface area contributed by atoms with Crippen molar-refractivity contribution in [2.75, 3.05) is 9.73 Å². The molecule has 15 heteroatoms. The Morgan fingerprint density at radius 2 is 1.83 bits per heavy atom. The van der Waals surface area contributed by atoms with Crippen LogP contribution in [0.3, 0.4) is 0 Å². The van der Waals surface area contributed by atoms with Crippen LogP contribution in [0.25, 0.3) is 0 Å². The van der Waals surface area contributed by atoms with Gasteiger partial charge in [-0.1, -0.05) is 23.4 Å². The van der Waals surface area contributed by atoms with Gasteiger partial charge in [0.2, 0.25) is 0 Å². The number of aryl methyl sites for hydroxylation is 1. The fourth-order valence-electron chi connectivity index (χ4n) is 2.98. The molecular formula is C21H18ClCuN7O3S3. The van der Waals surface area contributed by atoms with Gasteiger partial charge in [-0.3, -0.25) is 10.1 Å². The molecule has 1 aliphatic rings. The molecule has 4 rings (SSSR count). The van der Waals surface area contributed by atoms with Crippen LogP contribution in [-0.4, -0.2) is 25.1 Å².